The molecule has 0 heterocycles. The third kappa shape index (κ3) is 5.10. The van der Waals surface area contributed by atoms with Gasteiger partial charge >= 0.3 is 0 Å². The summed E-state index contributed by atoms with van der Waals surface area (Å²) < 4.78 is 6.63. The Morgan fingerprint density at radius 1 is 1.09 bits per heavy atom. The summed E-state index contributed by atoms with van der Waals surface area (Å²) in [7, 11) is 0. The Bertz CT molecular complexity index is 637. The molecule has 122 valence electrons. The van der Waals surface area contributed by atoms with Crippen molar-refractivity contribution in [2.24, 2.45) is 0 Å². The Kier molecular flexibility index (Phi) is 6.22. The second kappa shape index (κ2) is 8.16. The van der Waals surface area contributed by atoms with E-state index in [9.17, 15) is 4.79 Å². The molecule has 0 aliphatic heterocycles. The summed E-state index contributed by atoms with van der Waals surface area (Å²) in [5.41, 5.74) is 2.07. The van der Waals surface area contributed by atoms with Crippen LogP contribution in [-0.4, -0.2) is 12.0 Å². The highest BCUT2D eigenvalue weighted by Crippen LogP contribution is 2.21. The van der Waals surface area contributed by atoms with E-state index in [4.69, 9.17) is 4.74 Å². The molecule has 1 amide bonds. The van der Waals surface area contributed by atoms with E-state index in [0.29, 0.717) is 11.7 Å². The lowest BCUT2D eigenvalue weighted by Gasteiger charge is -2.15. The van der Waals surface area contributed by atoms with E-state index in [0.717, 1.165) is 16.6 Å². The quantitative estimate of drug-likeness (QED) is 0.736. The average Bonchev–Trinajstić information content (AvgIpc) is 2.56. The zero-order valence-electron chi connectivity index (χ0n) is 13.7. The maximum Gasteiger partial charge on any atom is 0.265 e. The van der Waals surface area contributed by atoms with Crippen LogP contribution in [0.4, 0.5) is 5.69 Å². The molecule has 0 fully saturated rings. The zero-order valence-corrected chi connectivity index (χ0v) is 15.3. The SMILES string of the molecule is CCC(C)c1ccc(NC(=O)C(C)Oc2ccc(Br)cc2)cc1. The first-order chi connectivity index (χ1) is 11.0. The molecule has 0 aliphatic rings. The summed E-state index contributed by atoms with van der Waals surface area (Å²) in [5, 5.41) is 2.88. The van der Waals surface area contributed by atoms with Crippen molar-refractivity contribution in [3.8, 4) is 5.75 Å². The van der Waals surface area contributed by atoms with Gasteiger partial charge in [-0.3, -0.25) is 4.79 Å². The van der Waals surface area contributed by atoms with Crippen molar-refractivity contribution in [3.05, 3.63) is 58.6 Å². The van der Waals surface area contributed by atoms with Crippen LogP contribution in [0, 0.1) is 0 Å². The Morgan fingerprint density at radius 2 is 1.70 bits per heavy atom. The van der Waals surface area contributed by atoms with Crippen molar-refractivity contribution < 1.29 is 9.53 Å². The second-order valence-electron chi connectivity index (χ2n) is 5.63. The minimum atomic E-state index is -0.564. The first-order valence-corrected chi connectivity index (χ1v) is 8.62. The molecular weight excluding hydrogens is 354 g/mol. The fourth-order valence-electron chi connectivity index (χ4n) is 2.15. The van der Waals surface area contributed by atoms with Gasteiger partial charge in [-0.05, 0) is 61.2 Å². The van der Waals surface area contributed by atoms with E-state index < -0.39 is 6.10 Å². The Hall–Kier alpha value is -1.81. The molecule has 2 aromatic carbocycles. The van der Waals surface area contributed by atoms with Gasteiger partial charge in [-0.15, -0.1) is 0 Å². The van der Waals surface area contributed by atoms with Crippen molar-refractivity contribution in [2.75, 3.05) is 5.32 Å². The van der Waals surface area contributed by atoms with E-state index in [1.54, 1.807) is 6.92 Å². The number of carbonyl (C=O) groups excluding carboxylic acids is 1. The summed E-state index contributed by atoms with van der Waals surface area (Å²) in [6.07, 6.45) is 0.537. The number of carbonyl (C=O) groups is 1. The van der Waals surface area contributed by atoms with Gasteiger partial charge in [0, 0.05) is 10.2 Å². The molecule has 0 saturated heterocycles. The summed E-state index contributed by atoms with van der Waals surface area (Å²) in [4.78, 5) is 12.2. The molecule has 2 rings (SSSR count). The Labute approximate surface area is 146 Å². The van der Waals surface area contributed by atoms with Crippen LogP contribution in [0.3, 0.4) is 0 Å². The molecule has 2 aromatic rings. The topological polar surface area (TPSA) is 38.3 Å². The minimum absolute atomic E-state index is 0.163. The largest absolute Gasteiger partial charge is 0.481 e. The molecule has 4 heteroatoms. The van der Waals surface area contributed by atoms with Crippen molar-refractivity contribution in [2.45, 2.75) is 39.2 Å². The van der Waals surface area contributed by atoms with E-state index >= 15 is 0 Å². The van der Waals surface area contributed by atoms with E-state index in [1.165, 1.54) is 5.56 Å². The van der Waals surface area contributed by atoms with E-state index in [-0.39, 0.29) is 5.91 Å². The van der Waals surface area contributed by atoms with Gasteiger partial charge in [-0.25, -0.2) is 0 Å². The normalized spacial score (nSPS) is 13.2. The van der Waals surface area contributed by atoms with Crippen molar-refractivity contribution in [3.63, 3.8) is 0 Å². The van der Waals surface area contributed by atoms with Crippen LogP contribution in [0.5, 0.6) is 5.75 Å². The number of nitrogens with one attached hydrogen (secondary N) is 1. The average molecular weight is 376 g/mol. The third-order valence-electron chi connectivity index (χ3n) is 3.86. The zero-order chi connectivity index (χ0) is 16.8. The molecule has 1 N–H and O–H groups in total. The lowest BCUT2D eigenvalue weighted by molar-refractivity contribution is -0.122. The lowest BCUT2D eigenvalue weighted by atomic mass is 9.99. The monoisotopic (exact) mass is 375 g/mol. The van der Waals surface area contributed by atoms with Gasteiger partial charge in [0.25, 0.3) is 5.91 Å². The van der Waals surface area contributed by atoms with Gasteiger partial charge in [0.15, 0.2) is 6.10 Å². The third-order valence-corrected chi connectivity index (χ3v) is 4.38. The van der Waals surface area contributed by atoms with Crippen molar-refractivity contribution >= 4 is 27.5 Å². The molecule has 0 bridgehead atoms. The summed E-state index contributed by atoms with van der Waals surface area (Å²) >= 11 is 3.37. The van der Waals surface area contributed by atoms with Crippen LogP contribution in [0.1, 0.15) is 38.7 Å². The van der Waals surface area contributed by atoms with Crippen LogP contribution < -0.4 is 10.1 Å². The molecule has 0 radical (unpaired) electrons. The van der Waals surface area contributed by atoms with Crippen LogP contribution in [0.25, 0.3) is 0 Å². The molecular formula is C19H22BrNO2. The van der Waals surface area contributed by atoms with Gasteiger partial charge < -0.3 is 10.1 Å². The predicted octanol–water partition coefficient (Wildman–Crippen LogP) is 5.37. The molecule has 2 unspecified atom stereocenters. The number of anilines is 1. The summed E-state index contributed by atoms with van der Waals surface area (Å²) in [6.45, 7) is 6.11. The summed E-state index contributed by atoms with van der Waals surface area (Å²) in [6, 6.07) is 15.4. The van der Waals surface area contributed by atoms with Gasteiger partial charge in [0.05, 0.1) is 0 Å². The molecule has 3 nitrogen and oxygen atoms in total. The number of rotatable bonds is 6. The Balaban J connectivity index is 1.93. The number of amides is 1. The first kappa shape index (κ1) is 17.5. The standard InChI is InChI=1S/C19H22BrNO2/c1-4-13(2)15-5-9-17(10-6-15)21-19(22)14(3)23-18-11-7-16(20)8-12-18/h5-14H,4H2,1-3H3,(H,21,22). The number of benzene rings is 2. The number of ether oxygens (including phenoxy) is 1. The van der Waals surface area contributed by atoms with Crippen LogP contribution in [0.15, 0.2) is 53.0 Å². The fourth-order valence-corrected chi connectivity index (χ4v) is 2.41. The van der Waals surface area contributed by atoms with Crippen molar-refractivity contribution in [1.29, 1.82) is 0 Å². The Morgan fingerprint density at radius 3 is 2.26 bits per heavy atom. The predicted molar refractivity (Wildman–Crippen MR) is 98.0 cm³/mol. The van der Waals surface area contributed by atoms with Crippen LogP contribution in [0.2, 0.25) is 0 Å². The highest BCUT2D eigenvalue weighted by molar-refractivity contribution is 9.10. The number of hydrogen-bond acceptors (Lipinski definition) is 2. The molecule has 23 heavy (non-hydrogen) atoms. The van der Waals surface area contributed by atoms with Gasteiger partial charge in [0.1, 0.15) is 5.75 Å². The highest BCUT2D eigenvalue weighted by Gasteiger charge is 2.15. The van der Waals surface area contributed by atoms with E-state index in [1.807, 2.05) is 36.4 Å². The molecule has 2 atom stereocenters. The molecule has 0 aliphatic carbocycles. The van der Waals surface area contributed by atoms with Gasteiger partial charge in [0.2, 0.25) is 0 Å². The minimum Gasteiger partial charge on any atom is -0.481 e. The van der Waals surface area contributed by atoms with Gasteiger partial charge in [-0.1, -0.05) is 41.9 Å². The van der Waals surface area contributed by atoms with Crippen LogP contribution in [-0.2, 0) is 4.79 Å². The lowest BCUT2D eigenvalue weighted by Crippen LogP contribution is -2.30. The molecule has 0 spiro atoms. The fraction of sp³-hybridized carbons (Fsp3) is 0.316. The van der Waals surface area contributed by atoms with Gasteiger partial charge in [-0.2, -0.15) is 0 Å². The van der Waals surface area contributed by atoms with Crippen LogP contribution >= 0.6 is 15.9 Å². The first-order valence-electron chi connectivity index (χ1n) is 7.82. The highest BCUT2D eigenvalue weighted by atomic mass is 79.9. The summed E-state index contributed by atoms with van der Waals surface area (Å²) in [5.74, 6) is 1.03. The number of hydrogen-bond donors (Lipinski definition) is 1. The second-order valence-corrected chi connectivity index (χ2v) is 6.55. The maximum atomic E-state index is 12.2. The molecule has 0 saturated carbocycles. The smallest absolute Gasteiger partial charge is 0.265 e. The van der Waals surface area contributed by atoms with Crippen molar-refractivity contribution in [1.82, 2.24) is 0 Å². The molecule has 0 aromatic heterocycles. The number of halogens is 1. The maximum absolute atomic E-state index is 12.2. The van der Waals surface area contributed by atoms with E-state index in [2.05, 4.69) is 47.2 Å².